The summed E-state index contributed by atoms with van der Waals surface area (Å²) in [5.74, 6) is -0.707. The van der Waals surface area contributed by atoms with Crippen molar-refractivity contribution < 1.29 is 9.90 Å². The van der Waals surface area contributed by atoms with Gasteiger partial charge in [-0.1, -0.05) is 61.9 Å². The second-order valence-electron chi connectivity index (χ2n) is 7.05. The van der Waals surface area contributed by atoms with Gasteiger partial charge in [0.15, 0.2) is 0 Å². The van der Waals surface area contributed by atoms with Crippen molar-refractivity contribution in [1.29, 1.82) is 0 Å². The number of unbranched alkanes of at least 4 members (excludes halogenated alkanes) is 1. The summed E-state index contributed by atoms with van der Waals surface area (Å²) < 4.78 is 1.75. The largest absolute Gasteiger partial charge is 0.543 e. The van der Waals surface area contributed by atoms with Gasteiger partial charge in [-0.3, -0.25) is 4.68 Å². The summed E-state index contributed by atoms with van der Waals surface area (Å²) >= 11 is 0. The fraction of sp³-hybridized carbons (Fsp3) is 0.227. The van der Waals surface area contributed by atoms with E-state index >= 15 is 0 Å². The third-order valence-corrected chi connectivity index (χ3v) is 4.97. The van der Waals surface area contributed by atoms with E-state index in [1.165, 1.54) is 0 Å². The highest BCUT2D eigenvalue weighted by Crippen LogP contribution is 2.29. The van der Waals surface area contributed by atoms with E-state index in [0.717, 1.165) is 47.2 Å². The minimum atomic E-state index is -1.25. The van der Waals surface area contributed by atoms with Crippen LogP contribution in [0.2, 0.25) is 0 Å². The molecule has 2 aromatic heterocycles. The molecule has 0 aliphatic carbocycles. The highest BCUT2D eigenvalue weighted by atomic mass is 16.4. The molecular weight excluding hydrogens is 380 g/mol. The number of benzene rings is 2. The van der Waals surface area contributed by atoms with Crippen LogP contribution in [-0.4, -0.2) is 36.4 Å². The number of aromatic amines is 1. The molecule has 0 saturated carbocycles. The molecule has 8 heteroatoms. The van der Waals surface area contributed by atoms with E-state index in [4.69, 9.17) is 0 Å². The van der Waals surface area contributed by atoms with Crippen LogP contribution in [0.1, 0.15) is 41.5 Å². The predicted octanol–water partition coefficient (Wildman–Crippen LogP) is 2.48. The van der Waals surface area contributed by atoms with Crippen LogP contribution in [0, 0.1) is 0 Å². The highest BCUT2D eigenvalue weighted by Gasteiger charge is 2.12. The summed E-state index contributed by atoms with van der Waals surface area (Å²) in [4.78, 5) is 11.2. The number of aromatic nitrogens is 6. The Kier molecular flexibility index (Phi) is 5.65. The van der Waals surface area contributed by atoms with Crippen LogP contribution < -0.4 is 5.11 Å². The zero-order valence-corrected chi connectivity index (χ0v) is 16.6. The molecule has 0 fully saturated rings. The summed E-state index contributed by atoms with van der Waals surface area (Å²) in [6, 6.07) is 17.6. The minimum absolute atomic E-state index is 0.0215. The molecule has 0 atom stereocenters. The Morgan fingerprint density at radius 1 is 1.10 bits per heavy atom. The molecule has 0 unspecified atom stereocenters. The number of hydrogen-bond acceptors (Lipinski definition) is 6. The summed E-state index contributed by atoms with van der Waals surface area (Å²) in [7, 11) is 0. The van der Waals surface area contributed by atoms with Gasteiger partial charge in [-0.15, -0.1) is 10.2 Å². The normalized spacial score (nSPS) is 11.0. The minimum Gasteiger partial charge on any atom is -0.543 e. The van der Waals surface area contributed by atoms with Gasteiger partial charge in [-0.2, -0.15) is 10.3 Å². The van der Waals surface area contributed by atoms with Gasteiger partial charge >= 0.3 is 0 Å². The number of carboxylic acids is 1. The number of H-pyrrole nitrogens is 1. The van der Waals surface area contributed by atoms with Crippen LogP contribution >= 0.6 is 0 Å². The van der Waals surface area contributed by atoms with Gasteiger partial charge in [0.1, 0.15) is 5.69 Å². The number of aryl methyl sites for hydroxylation is 1. The van der Waals surface area contributed by atoms with E-state index in [1.807, 2.05) is 48.5 Å². The molecular formula is C22H21N6O2-. The second-order valence-corrected chi connectivity index (χ2v) is 7.05. The smallest absolute Gasteiger partial charge is 0.205 e. The molecule has 8 nitrogen and oxygen atoms in total. The molecule has 0 spiro atoms. The first-order valence-electron chi connectivity index (χ1n) is 9.86. The Labute approximate surface area is 173 Å². The molecule has 0 bridgehead atoms. The number of aromatic carboxylic acids is 1. The second kappa shape index (κ2) is 8.69. The number of tetrazole rings is 1. The van der Waals surface area contributed by atoms with E-state index < -0.39 is 5.97 Å². The predicted molar refractivity (Wildman–Crippen MR) is 109 cm³/mol. The molecule has 0 aliphatic rings. The van der Waals surface area contributed by atoms with Gasteiger partial charge in [-0.05, 0) is 40.8 Å². The van der Waals surface area contributed by atoms with E-state index in [1.54, 1.807) is 10.7 Å². The van der Waals surface area contributed by atoms with Crippen molar-refractivity contribution in [2.75, 3.05) is 0 Å². The molecule has 1 N–H and O–H groups in total. The van der Waals surface area contributed by atoms with E-state index in [9.17, 15) is 9.90 Å². The van der Waals surface area contributed by atoms with E-state index in [-0.39, 0.29) is 5.69 Å². The molecule has 2 aromatic carbocycles. The summed E-state index contributed by atoms with van der Waals surface area (Å²) in [6.45, 7) is 2.60. The number of carboxylic acid groups (broad SMARTS) is 1. The van der Waals surface area contributed by atoms with Gasteiger partial charge in [-0.25, -0.2) is 0 Å². The first-order valence-corrected chi connectivity index (χ1v) is 9.86. The number of hydrogen-bond donors (Lipinski definition) is 1. The number of carbonyl (C=O) groups excluding carboxylic acids is 1. The molecule has 0 aliphatic heterocycles. The topological polar surface area (TPSA) is 112 Å². The Morgan fingerprint density at radius 3 is 2.53 bits per heavy atom. The molecule has 0 amide bonds. The van der Waals surface area contributed by atoms with E-state index in [0.29, 0.717) is 12.4 Å². The van der Waals surface area contributed by atoms with Crippen LogP contribution in [0.5, 0.6) is 0 Å². The van der Waals surface area contributed by atoms with Crippen molar-refractivity contribution in [3.63, 3.8) is 0 Å². The summed E-state index contributed by atoms with van der Waals surface area (Å²) in [6.07, 6.45) is 2.79. The fourth-order valence-electron chi connectivity index (χ4n) is 3.42. The standard InChI is InChI=1S/C22H22N6O2/c1-2-3-6-17-13-20(22(29)30)25-28(17)14-15-9-11-16(12-10-15)18-7-4-5-8-19(18)21-23-26-27-24-21/h4-5,7-13H,2-3,6,14H2,1H3,(H,29,30)(H,23,24,26,27)/p-1. The SMILES string of the molecule is CCCCc1cc(C(=O)[O-])nn1Cc1ccc(-c2ccccc2-c2nn[nH]n2)cc1. The molecule has 0 saturated heterocycles. The van der Waals surface area contributed by atoms with Crippen LogP contribution in [0.15, 0.2) is 54.6 Å². The highest BCUT2D eigenvalue weighted by molar-refractivity contribution is 5.83. The van der Waals surface area contributed by atoms with Gasteiger partial charge in [0.05, 0.1) is 12.5 Å². The van der Waals surface area contributed by atoms with Gasteiger partial charge in [0, 0.05) is 11.3 Å². The number of rotatable bonds is 8. The monoisotopic (exact) mass is 401 g/mol. The van der Waals surface area contributed by atoms with Crippen molar-refractivity contribution in [3.05, 3.63) is 71.5 Å². The Bertz CT molecular complexity index is 1130. The van der Waals surface area contributed by atoms with Crippen molar-refractivity contribution >= 4 is 5.97 Å². The van der Waals surface area contributed by atoms with Crippen molar-refractivity contribution in [2.45, 2.75) is 32.7 Å². The quantitative estimate of drug-likeness (QED) is 0.485. The molecule has 30 heavy (non-hydrogen) atoms. The molecule has 2 heterocycles. The number of nitrogens with zero attached hydrogens (tertiary/aromatic N) is 5. The van der Waals surface area contributed by atoms with Crippen LogP contribution in [0.3, 0.4) is 0 Å². The Hall–Kier alpha value is -3.81. The lowest BCUT2D eigenvalue weighted by atomic mass is 9.98. The number of carbonyl (C=O) groups is 1. The fourth-order valence-corrected chi connectivity index (χ4v) is 3.42. The van der Waals surface area contributed by atoms with E-state index in [2.05, 4.69) is 32.6 Å². The Morgan fingerprint density at radius 2 is 1.87 bits per heavy atom. The third-order valence-electron chi connectivity index (χ3n) is 4.97. The van der Waals surface area contributed by atoms with Gasteiger partial charge in [0.25, 0.3) is 0 Å². The average Bonchev–Trinajstić information content (AvgIpc) is 3.43. The van der Waals surface area contributed by atoms with Crippen molar-refractivity contribution in [3.8, 4) is 22.5 Å². The number of nitrogens with one attached hydrogen (secondary N) is 1. The van der Waals surface area contributed by atoms with Gasteiger partial charge in [0.2, 0.25) is 5.82 Å². The Balaban J connectivity index is 1.59. The zero-order valence-electron chi connectivity index (χ0n) is 16.6. The zero-order chi connectivity index (χ0) is 20.9. The lowest BCUT2D eigenvalue weighted by Gasteiger charge is -2.10. The summed E-state index contributed by atoms with van der Waals surface area (Å²) in [5.41, 5.74) is 4.84. The first kappa shape index (κ1) is 19.5. The molecule has 4 aromatic rings. The van der Waals surface area contributed by atoms with Crippen molar-refractivity contribution in [2.24, 2.45) is 0 Å². The van der Waals surface area contributed by atoms with Crippen LogP contribution in [0.4, 0.5) is 0 Å². The van der Waals surface area contributed by atoms with Crippen molar-refractivity contribution in [1.82, 2.24) is 30.4 Å². The third kappa shape index (κ3) is 4.12. The molecule has 0 radical (unpaired) electrons. The van der Waals surface area contributed by atoms with Crippen LogP contribution in [-0.2, 0) is 13.0 Å². The molecule has 152 valence electrons. The molecule has 4 rings (SSSR count). The van der Waals surface area contributed by atoms with Gasteiger partial charge < -0.3 is 9.90 Å². The maximum Gasteiger partial charge on any atom is 0.205 e. The lowest BCUT2D eigenvalue weighted by molar-refractivity contribution is -0.255. The van der Waals surface area contributed by atoms with Crippen LogP contribution in [0.25, 0.3) is 22.5 Å². The first-order chi connectivity index (χ1) is 14.7. The average molecular weight is 401 g/mol. The lowest BCUT2D eigenvalue weighted by Crippen LogP contribution is -2.23. The maximum absolute atomic E-state index is 11.2. The summed E-state index contributed by atoms with van der Waals surface area (Å²) in [5, 5.41) is 29.7. The maximum atomic E-state index is 11.2.